The van der Waals surface area contributed by atoms with Crippen LogP contribution in [0.25, 0.3) is 0 Å². The molecule has 0 atom stereocenters. The summed E-state index contributed by atoms with van der Waals surface area (Å²) in [7, 11) is 1.99. The summed E-state index contributed by atoms with van der Waals surface area (Å²) in [4.78, 5) is 18.8. The number of benzene rings is 1. The molecule has 0 saturated carbocycles. The normalized spacial score (nSPS) is 15.5. The molecule has 3 rings (SSSR count). The Kier molecular flexibility index (Phi) is 6.47. The predicted molar refractivity (Wildman–Crippen MR) is 99.6 cm³/mol. The lowest BCUT2D eigenvalue weighted by Crippen LogP contribution is -2.38. The van der Waals surface area contributed by atoms with Gasteiger partial charge in [-0.3, -0.25) is 9.89 Å². The van der Waals surface area contributed by atoms with Crippen LogP contribution in [0.3, 0.4) is 0 Å². The van der Waals surface area contributed by atoms with Crippen molar-refractivity contribution in [3.63, 3.8) is 0 Å². The van der Waals surface area contributed by atoms with Gasteiger partial charge in [-0.25, -0.2) is 4.98 Å². The second-order valence-electron chi connectivity index (χ2n) is 6.40. The Hall–Kier alpha value is -1.86. The van der Waals surface area contributed by atoms with Gasteiger partial charge in [-0.1, -0.05) is 23.9 Å². The topological polar surface area (TPSA) is 73.9 Å². The van der Waals surface area contributed by atoms with Gasteiger partial charge in [0, 0.05) is 24.4 Å². The van der Waals surface area contributed by atoms with Crippen LogP contribution in [0.1, 0.15) is 35.2 Å². The number of aromatic amines is 1. The third-order valence-corrected chi connectivity index (χ3v) is 5.62. The fourth-order valence-electron chi connectivity index (χ4n) is 3.11. The van der Waals surface area contributed by atoms with Crippen molar-refractivity contribution in [2.45, 2.75) is 30.2 Å². The highest BCUT2D eigenvalue weighted by atomic mass is 32.2. The highest BCUT2D eigenvalue weighted by Gasteiger charge is 2.23. The molecule has 7 heteroatoms. The number of carbonyl (C=O) groups excluding carboxylic acids is 1. The Morgan fingerprint density at radius 1 is 1.32 bits per heavy atom. The summed E-state index contributed by atoms with van der Waals surface area (Å²) < 4.78 is 0. The first kappa shape index (κ1) is 17.9. The van der Waals surface area contributed by atoms with Gasteiger partial charge in [-0.15, -0.1) is 0 Å². The first-order valence-corrected chi connectivity index (χ1v) is 9.76. The van der Waals surface area contributed by atoms with Gasteiger partial charge in [0.1, 0.15) is 6.33 Å². The van der Waals surface area contributed by atoms with Crippen molar-refractivity contribution in [1.29, 1.82) is 0 Å². The Bertz CT molecular complexity index is 651. The van der Waals surface area contributed by atoms with E-state index in [-0.39, 0.29) is 5.91 Å². The minimum absolute atomic E-state index is 0.154. The summed E-state index contributed by atoms with van der Waals surface area (Å²) in [5.41, 5.74) is 1.95. The number of piperidine rings is 1. The standard InChI is InChI=1S/C18H25N5OS/c1-19-9-6-14-7-10-23(11-8-14)17(24)16-4-2-15(3-5-16)12-25-18-20-13-21-22-18/h2-5,13-14,19H,6-12H2,1H3,(H,20,21,22). The van der Waals surface area contributed by atoms with Crippen LogP contribution >= 0.6 is 11.8 Å². The van der Waals surface area contributed by atoms with E-state index in [0.29, 0.717) is 0 Å². The summed E-state index contributed by atoms with van der Waals surface area (Å²) in [6.45, 7) is 2.80. The van der Waals surface area contributed by atoms with E-state index in [1.807, 2.05) is 36.2 Å². The van der Waals surface area contributed by atoms with Crippen LogP contribution in [-0.4, -0.2) is 52.7 Å². The molecular formula is C18H25N5OS. The lowest BCUT2D eigenvalue weighted by molar-refractivity contribution is 0.0687. The fourth-order valence-corrected chi connectivity index (χ4v) is 3.85. The first-order chi connectivity index (χ1) is 12.3. The highest BCUT2D eigenvalue weighted by molar-refractivity contribution is 7.98. The fraction of sp³-hybridized carbons (Fsp3) is 0.500. The minimum atomic E-state index is 0.154. The lowest BCUT2D eigenvalue weighted by atomic mass is 9.93. The molecule has 0 aliphatic carbocycles. The van der Waals surface area contributed by atoms with E-state index in [4.69, 9.17) is 0 Å². The van der Waals surface area contributed by atoms with Crippen LogP contribution in [0.15, 0.2) is 35.7 Å². The monoisotopic (exact) mass is 359 g/mol. The number of carbonyl (C=O) groups is 1. The van der Waals surface area contributed by atoms with Crippen molar-refractivity contribution in [3.05, 3.63) is 41.7 Å². The number of aromatic nitrogens is 3. The number of H-pyrrole nitrogens is 1. The third-order valence-electron chi connectivity index (χ3n) is 4.67. The number of thioether (sulfide) groups is 1. The molecule has 2 N–H and O–H groups in total. The largest absolute Gasteiger partial charge is 0.339 e. The second-order valence-corrected chi connectivity index (χ2v) is 7.37. The number of hydrogen-bond donors (Lipinski definition) is 2. The van der Waals surface area contributed by atoms with Gasteiger partial charge in [0.15, 0.2) is 5.16 Å². The van der Waals surface area contributed by atoms with Crippen LogP contribution in [0.5, 0.6) is 0 Å². The van der Waals surface area contributed by atoms with Gasteiger partial charge in [-0.2, -0.15) is 5.10 Å². The van der Waals surface area contributed by atoms with E-state index in [2.05, 4.69) is 20.5 Å². The van der Waals surface area contributed by atoms with E-state index in [1.54, 1.807) is 11.8 Å². The molecule has 1 aromatic heterocycles. The summed E-state index contributed by atoms with van der Waals surface area (Å²) in [5, 5.41) is 10.7. The Morgan fingerprint density at radius 3 is 2.72 bits per heavy atom. The lowest BCUT2D eigenvalue weighted by Gasteiger charge is -2.32. The van der Waals surface area contributed by atoms with Gasteiger partial charge in [-0.05, 0) is 56.5 Å². The molecule has 2 heterocycles. The van der Waals surface area contributed by atoms with Gasteiger partial charge in [0.05, 0.1) is 0 Å². The highest BCUT2D eigenvalue weighted by Crippen LogP contribution is 2.22. The summed E-state index contributed by atoms with van der Waals surface area (Å²) in [5.74, 6) is 1.70. The van der Waals surface area contributed by atoms with E-state index < -0.39 is 0 Å². The SMILES string of the molecule is CNCCC1CCN(C(=O)c2ccc(CSc3ncn[nH]3)cc2)CC1. The van der Waals surface area contributed by atoms with Gasteiger partial charge >= 0.3 is 0 Å². The van der Waals surface area contributed by atoms with Crippen molar-refractivity contribution in [2.75, 3.05) is 26.7 Å². The van der Waals surface area contributed by atoms with Crippen LogP contribution < -0.4 is 5.32 Å². The van der Waals surface area contributed by atoms with Crippen LogP contribution in [0.4, 0.5) is 0 Å². The van der Waals surface area contributed by atoms with Crippen molar-refractivity contribution < 1.29 is 4.79 Å². The van der Waals surface area contributed by atoms with Gasteiger partial charge in [0.2, 0.25) is 0 Å². The molecule has 1 saturated heterocycles. The average molecular weight is 359 g/mol. The maximum Gasteiger partial charge on any atom is 0.253 e. The zero-order valence-corrected chi connectivity index (χ0v) is 15.4. The quantitative estimate of drug-likeness (QED) is 0.743. The number of hydrogen-bond acceptors (Lipinski definition) is 5. The molecule has 1 amide bonds. The van der Waals surface area contributed by atoms with E-state index in [9.17, 15) is 4.79 Å². The smallest absolute Gasteiger partial charge is 0.253 e. The molecule has 1 fully saturated rings. The number of rotatable bonds is 7. The molecular weight excluding hydrogens is 334 g/mol. The number of amides is 1. The Balaban J connectivity index is 1.49. The molecule has 2 aromatic rings. The number of nitrogens with one attached hydrogen (secondary N) is 2. The van der Waals surface area contributed by atoms with Crippen molar-refractivity contribution >= 4 is 17.7 Å². The summed E-state index contributed by atoms with van der Waals surface area (Å²) >= 11 is 1.60. The van der Waals surface area contributed by atoms with E-state index in [1.165, 1.54) is 18.3 Å². The van der Waals surface area contributed by atoms with E-state index in [0.717, 1.165) is 54.9 Å². The molecule has 6 nitrogen and oxygen atoms in total. The molecule has 25 heavy (non-hydrogen) atoms. The molecule has 0 unspecified atom stereocenters. The third kappa shape index (κ3) is 5.06. The molecule has 134 valence electrons. The van der Waals surface area contributed by atoms with Crippen LogP contribution in [-0.2, 0) is 5.75 Å². The van der Waals surface area contributed by atoms with E-state index >= 15 is 0 Å². The van der Waals surface area contributed by atoms with Gasteiger partial charge < -0.3 is 10.2 Å². The zero-order chi connectivity index (χ0) is 17.5. The van der Waals surface area contributed by atoms with Crippen molar-refractivity contribution in [2.24, 2.45) is 5.92 Å². The Morgan fingerprint density at radius 2 is 2.08 bits per heavy atom. The van der Waals surface area contributed by atoms with Crippen LogP contribution in [0, 0.1) is 5.92 Å². The van der Waals surface area contributed by atoms with Crippen molar-refractivity contribution in [3.8, 4) is 0 Å². The number of nitrogens with zero attached hydrogens (tertiary/aromatic N) is 3. The minimum Gasteiger partial charge on any atom is -0.339 e. The first-order valence-electron chi connectivity index (χ1n) is 8.77. The molecule has 1 aliphatic heterocycles. The number of likely N-dealkylation sites (tertiary alicyclic amines) is 1. The predicted octanol–water partition coefficient (Wildman–Crippen LogP) is 2.56. The second kappa shape index (κ2) is 9.01. The summed E-state index contributed by atoms with van der Waals surface area (Å²) in [6.07, 6.45) is 4.93. The molecule has 0 bridgehead atoms. The summed E-state index contributed by atoms with van der Waals surface area (Å²) in [6, 6.07) is 7.92. The zero-order valence-electron chi connectivity index (χ0n) is 14.6. The maximum absolute atomic E-state index is 12.7. The molecule has 0 spiro atoms. The molecule has 1 aromatic carbocycles. The van der Waals surface area contributed by atoms with Crippen molar-refractivity contribution in [1.82, 2.24) is 25.4 Å². The van der Waals surface area contributed by atoms with Crippen LogP contribution in [0.2, 0.25) is 0 Å². The molecule has 0 radical (unpaired) electrons. The Labute approximate surface area is 152 Å². The van der Waals surface area contributed by atoms with Gasteiger partial charge in [0.25, 0.3) is 5.91 Å². The maximum atomic E-state index is 12.7. The average Bonchev–Trinajstić information content (AvgIpc) is 3.19. The molecule has 1 aliphatic rings.